The number of hydrogen-bond acceptors (Lipinski definition) is 5. The summed E-state index contributed by atoms with van der Waals surface area (Å²) in [5.74, 6) is -0.645. The van der Waals surface area contributed by atoms with E-state index in [1.54, 1.807) is 6.07 Å². The molecule has 0 aliphatic carbocycles. The summed E-state index contributed by atoms with van der Waals surface area (Å²) in [4.78, 5) is 19.1. The zero-order valence-electron chi connectivity index (χ0n) is 9.63. The van der Waals surface area contributed by atoms with Crippen LogP contribution in [0.4, 0.5) is 11.5 Å². The number of nitrogens with zero attached hydrogens (tertiary/aromatic N) is 2. The molecule has 1 aromatic heterocycles. The maximum atomic E-state index is 11.1. The predicted octanol–water partition coefficient (Wildman–Crippen LogP) is 0.331. The van der Waals surface area contributed by atoms with E-state index in [9.17, 15) is 4.79 Å². The van der Waals surface area contributed by atoms with Gasteiger partial charge in [-0.1, -0.05) is 12.1 Å². The predicted molar refractivity (Wildman–Crippen MR) is 68.6 cm³/mol. The van der Waals surface area contributed by atoms with Crippen molar-refractivity contribution in [2.24, 2.45) is 5.73 Å². The molecule has 0 saturated heterocycles. The number of nitrogen functional groups attached to an aromatic ring is 2. The van der Waals surface area contributed by atoms with Crippen LogP contribution < -0.4 is 17.2 Å². The van der Waals surface area contributed by atoms with Crippen molar-refractivity contribution in [1.82, 2.24) is 9.97 Å². The first-order valence-corrected chi connectivity index (χ1v) is 5.32. The van der Waals surface area contributed by atoms with E-state index in [-0.39, 0.29) is 11.5 Å². The molecule has 0 saturated carbocycles. The minimum absolute atomic E-state index is 0.00333. The van der Waals surface area contributed by atoms with Gasteiger partial charge in [0, 0.05) is 12.1 Å². The van der Waals surface area contributed by atoms with Gasteiger partial charge in [0.2, 0.25) is 0 Å². The van der Waals surface area contributed by atoms with Gasteiger partial charge in [-0.2, -0.15) is 0 Å². The Morgan fingerprint density at radius 1 is 1.28 bits per heavy atom. The Labute approximate surface area is 104 Å². The molecular formula is C12H13N5O. The summed E-state index contributed by atoms with van der Waals surface area (Å²) < 4.78 is 0. The Morgan fingerprint density at radius 3 is 2.72 bits per heavy atom. The van der Waals surface area contributed by atoms with E-state index in [2.05, 4.69) is 9.97 Å². The molecule has 0 aliphatic heterocycles. The highest BCUT2D eigenvalue weighted by Gasteiger charge is 2.10. The second-order valence-electron chi connectivity index (χ2n) is 3.88. The molecule has 6 heteroatoms. The number of nitrogens with two attached hydrogens (primary N) is 3. The lowest BCUT2D eigenvalue weighted by molar-refractivity contribution is 0.0996. The number of aromatic nitrogens is 2. The van der Waals surface area contributed by atoms with Crippen molar-refractivity contribution in [3.05, 3.63) is 47.4 Å². The molecule has 2 rings (SSSR count). The van der Waals surface area contributed by atoms with Crippen LogP contribution in [0.1, 0.15) is 21.7 Å². The summed E-state index contributed by atoms with van der Waals surface area (Å²) >= 11 is 0. The fourth-order valence-electron chi connectivity index (χ4n) is 1.61. The highest BCUT2D eigenvalue weighted by atomic mass is 16.1. The summed E-state index contributed by atoms with van der Waals surface area (Å²) in [5, 5.41) is 0. The molecule has 0 radical (unpaired) electrons. The molecule has 6 nitrogen and oxygen atoms in total. The molecule has 0 spiro atoms. The maximum Gasteiger partial charge on any atom is 0.271 e. The van der Waals surface area contributed by atoms with Crippen LogP contribution in [0.3, 0.4) is 0 Å². The van der Waals surface area contributed by atoms with Crippen molar-refractivity contribution in [1.29, 1.82) is 0 Å². The first kappa shape index (κ1) is 11.8. The van der Waals surface area contributed by atoms with E-state index >= 15 is 0 Å². The van der Waals surface area contributed by atoms with E-state index in [1.807, 2.05) is 18.2 Å². The quantitative estimate of drug-likeness (QED) is 0.671. The van der Waals surface area contributed by atoms with Crippen molar-refractivity contribution in [3.63, 3.8) is 0 Å². The van der Waals surface area contributed by atoms with Gasteiger partial charge in [0.05, 0.1) is 11.9 Å². The normalized spacial score (nSPS) is 10.2. The SMILES string of the molecule is NC(=O)c1nc(Cc2cccc(N)c2)cnc1N. The number of primary amides is 1. The van der Waals surface area contributed by atoms with Crippen molar-refractivity contribution < 1.29 is 4.79 Å². The first-order valence-electron chi connectivity index (χ1n) is 5.32. The summed E-state index contributed by atoms with van der Waals surface area (Å²) in [6.07, 6.45) is 2.03. The van der Waals surface area contributed by atoms with Gasteiger partial charge < -0.3 is 17.2 Å². The topological polar surface area (TPSA) is 121 Å². The summed E-state index contributed by atoms with van der Waals surface area (Å²) in [7, 11) is 0. The minimum atomic E-state index is -0.686. The monoisotopic (exact) mass is 243 g/mol. The fourth-order valence-corrected chi connectivity index (χ4v) is 1.61. The Bertz CT molecular complexity index is 597. The van der Waals surface area contributed by atoms with Gasteiger partial charge in [0.25, 0.3) is 5.91 Å². The molecule has 92 valence electrons. The van der Waals surface area contributed by atoms with Gasteiger partial charge in [-0.05, 0) is 17.7 Å². The number of carbonyl (C=O) groups excluding carboxylic acids is 1. The van der Waals surface area contributed by atoms with Gasteiger partial charge in [0.15, 0.2) is 11.5 Å². The third-order valence-electron chi connectivity index (χ3n) is 2.42. The Kier molecular flexibility index (Phi) is 3.09. The minimum Gasteiger partial charge on any atom is -0.399 e. The molecule has 1 amide bonds. The number of anilines is 2. The molecule has 0 unspecified atom stereocenters. The van der Waals surface area contributed by atoms with Crippen LogP contribution in [0.15, 0.2) is 30.5 Å². The van der Waals surface area contributed by atoms with Gasteiger partial charge in [-0.25, -0.2) is 9.97 Å². The van der Waals surface area contributed by atoms with Crippen LogP contribution in [-0.4, -0.2) is 15.9 Å². The third kappa shape index (κ3) is 2.54. The van der Waals surface area contributed by atoms with Crippen LogP contribution in [0.25, 0.3) is 0 Å². The van der Waals surface area contributed by atoms with Crippen LogP contribution in [-0.2, 0) is 6.42 Å². The van der Waals surface area contributed by atoms with Crippen molar-refractivity contribution >= 4 is 17.4 Å². The van der Waals surface area contributed by atoms with Crippen molar-refractivity contribution in [2.45, 2.75) is 6.42 Å². The molecule has 18 heavy (non-hydrogen) atoms. The summed E-state index contributed by atoms with van der Waals surface area (Å²) in [5.41, 5.74) is 18.6. The zero-order chi connectivity index (χ0) is 13.1. The molecule has 0 fully saturated rings. The fraction of sp³-hybridized carbons (Fsp3) is 0.0833. The first-order chi connectivity index (χ1) is 8.56. The van der Waals surface area contributed by atoms with Crippen LogP contribution in [0.5, 0.6) is 0 Å². The van der Waals surface area contributed by atoms with E-state index in [1.165, 1.54) is 6.20 Å². The second kappa shape index (κ2) is 4.70. The number of benzene rings is 1. The number of carbonyl (C=O) groups is 1. The third-order valence-corrected chi connectivity index (χ3v) is 2.42. The molecule has 2 aromatic rings. The number of hydrogen-bond donors (Lipinski definition) is 3. The van der Waals surface area contributed by atoms with Crippen molar-refractivity contribution in [3.8, 4) is 0 Å². The molecular weight excluding hydrogens is 230 g/mol. The summed E-state index contributed by atoms with van der Waals surface area (Å²) in [6, 6.07) is 7.40. The standard InChI is InChI=1S/C12H13N5O/c13-8-3-1-2-7(4-8)5-9-6-16-11(14)10(17-9)12(15)18/h1-4,6H,5,13H2,(H2,14,16)(H2,15,18). The molecule has 0 atom stereocenters. The van der Waals surface area contributed by atoms with Gasteiger partial charge >= 0.3 is 0 Å². The second-order valence-corrected chi connectivity index (χ2v) is 3.88. The van der Waals surface area contributed by atoms with Gasteiger partial charge in [-0.15, -0.1) is 0 Å². The largest absolute Gasteiger partial charge is 0.399 e. The molecule has 0 bridgehead atoms. The van der Waals surface area contributed by atoms with E-state index in [0.717, 1.165) is 5.56 Å². The Hall–Kier alpha value is -2.63. The number of rotatable bonds is 3. The summed E-state index contributed by atoms with van der Waals surface area (Å²) in [6.45, 7) is 0. The maximum absolute atomic E-state index is 11.1. The highest BCUT2D eigenvalue weighted by Crippen LogP contribution is 2.12. The van der Waals surface area contributed by atoms with Gasteiger partial charge in [-0.3, -0.25) is 4.79 Å². The lowest BCUT2D eigenvalue weighted by Gasteiger charge is -2.05. The molecule has 1 aromatic carbocycles. The van der Waals surface area contributed by atoms with Crippen LogP contribution >= 0.6 is 0 Å². The molecule has 0 aliphatic rings. The van der Waals surface area contributed by atoms with E-state index in [4.69, 9.17) is 17.2 Å². The average Bonchev–Trinajstić information content (AvgIpc) is 2.31. The van der Waals surface area contributed by atoms with Crippen molar-refractivity contribution in [2.75, 3.05) is 11.5 Å². The van der Waals surface area contributed by atoms with E-state index < -0.39 is 5.91 Å². The zero-order valence-corrected chi connectivity index (χ0v) is 9.63. The smallest absolute Gasteiger partial charge is 0.271 e. The molecule has 1 heterocycles. The lowest BCUT2D eigenvalue weighted by Crippen LogP contribution is -2.17. The average molecular weight is 243 g/mol. The Morgan fingerprint density at radius 2 is 2.06 bits per heavy atom. The van der Waals surface area contributed by atoms with Gasteiger partial charge in [0.1, 0.15) is 0 Å². The highest BCUT2D eigenvalue weighted by molar-refractivity contribution is 5.94. The van der Waals surface area contributed by atoms with E-state index in [0.29, 0.717) is 17.8 Å². The molecule has 6 N–H and O–H groups in total. The van der Waals surface area contributed by atoms with Crippen LogP contribution in [0, 0.1) is 0 Å². The Balaban J connectivity index is 2.30. The van der Waals surface area contributed by atoms with Crippen LogP contribution in [0.2, 0.25) is 0 Å². The lowest BCUT2D eigenvalue weighted by atomic mass is 10.1. The number of amides is 1.